The molecule has 0 saturated heterocycles. The van der Waals surface area contributed by atoms with Crippen LogP contribution in [0.5, 0.6) is 0 Å². The average Bonchev–Trinajstić information content (AvgIpc) is 2.45. The Balaban J connectivity index is 2.94. The van der Waals surface area contributed by atoms with Gasteiger partial charge in [0.05, 0.1) is 5.69 Å². The summed E-state index contributed by atoms with van der Waals surface area (Å²) < 4.78 is 0. The zero-order valence-electron chi connectivity index (χ0n) is 9.42. The lowest BCUT2D eigenvalue weighted by Crippen LogP contribution is -2.11. The normalized spacial score (nSPS) is 9.69. The first-order valence-corrected chi connectivity index (χ1v) is 4.79. The Hall–Kier alpha value is -2.04. The highest BCUT2D eigenvalue weighted by molar-refractivity contribution is 6.05. The van der Waals surface area contributed by atoms with Crippen molar-refractivity contribution in [3.8, 4) is 0 Å². The Morgan fingerprint density at radius 2 is 2.06 bits per heavy atom. The van der Waals surface area contributed by atoms with Crippen molar-refractivity contribution in [3.05, 3.63) is 29.1 Å². The fourth-order valence-electron chi connectivity index (χ4n) is 1.33. The number of anilines is 1. The Morgan fingerprint density at radius 3 is 2.56 bits per heavy atom. The van der Waals surface area contributed by atoms with Crippen molar-refractivity contribution in [2.24, 2.45) is 0 Å². The number of hydrogen-bond acceptors (Lipinski definition) is 2. The highest BCUT2D eigenvalue weighted by Gasteiger charge is 2.16. The molecule has 1 aromatic heterocycles. The molecule has 5 nitrogen and oxygen atoms in total. The number of rotatable bonds is 3. The maximum Gasteiger partial charge on any atom is 0.339 e. The van der Waals surface area contributed by atoms with Gasteiger partial charge in [-0.25, -0.2) is 4.79 Å². The molecule has 0 atom stereocenters. The van der Waals surface area contributed by atoms with Crippen molar-refractivity contribution in [1.29, 1.82) is 0 Å². The van der Waals surface area contributed by atoms with Crippen LogP contribution in [0.1, 0.15) is 29.9 Å². The Bertz CT molecular complexity index is 454. The van der Waals surface area contributed by atoms with E-state index in [4.69, 9.17) is 5.11 Å². The van der Waals surface area contributed by atoms with Crippen molar-refractivity contribution < 1.29 is 14.7 Å². The average molecular weight is 222 g/mol. The predicted octanol–water partition coefficient (Wildman–Crippen LogP) is 1.93. The maximum atomic E-state index is 11.4. The molecule has 0 saturated carbocycles. The minimum absolute atomic E-state index is 0.0931. The van der Waals surface area contributed by atoms with Crippen LogP contribution >= 0.6 is 0 Å². The topological polar surface area (TPSA) is 82.2 Å². The number of H-pyrrole nitrogens is 1. The van der Waals surface area contributed by atoms with Crippen molar-refractivity contribution in [2.75, 3.05) is 5.32 Å². The number of carbonyl (C=O) groups is 2. The van der Waals surface area contributed by atoms with Gasteiger partial charge in [0.2, 0.25) is 5.91 Å². The lowest BCUT2D eigenvalue weighted by Gasteiger charge is -2.01. The molecule has 0 aliphatic rings. The van der Waals surface area contributed by atoms with E-state index in [0.717, 1.165) is 5.57 Å². The van der Waals surface area contributed by atoms with Crippen LogP contribution < -0.4 is 5.32 Å². The first kappa shape index (κ1) is 12.0. The Kier molecular flexibility index (Phi) is 3.50. The number of aromatic carboxylic acids is 1. The molecule has 0 spiro atoms. The molecular formula is C11H14N2O3. The van der Waals surface area contributed by atoms with E-state index in [2.05, 4.69) is 10.3 Å². The lowest BCUT2D eigenvalue weighted by molar-refractivity contribution is -0.111. The van der Waals surface area contributed by atoms with Crippen molar-refractivity contribution in [1.82, 2.24) is 4.98 Å². The first-order chi connectivity index (χ1) is 7.41. The molecule has 0 aliphatic heterocycles. The molecule has 0 fully saturated rings. The molecule has 0 unspecified atom stereocenters. The molecule has 5 heteroatoms. The molecule has 3 N–H and O–H groups in total. The third-order valence-corrected chi connectivity index (χ3v) is 1.97. The zero-order chi connectivity index (χ0) is 12.3. The van der Waals surface area contributed by atoms with Crippen molar-refractivity contribution in [2.45, 2.75) is 20.8 Å². The minimum Gasteiger partial charge on any atom is -0.478 e. The Labute approximate surface area is 93.2 Å². The molecule has 0 radical (unpaired) electrons. The monoisotopic (exact) mass is 222 g/mol. The number of carbonyl (C=O) groups excluding carboxylic acids is 1. The van der Waals surface area contributed by atoms with E-state index >= 15 is 0 Å². The van der Waals surface area contributed by atoms with Gasteiger partial charge in [-0.1, -0.05) is 5.57 Å². The van der Waals surface area contributed by atoms with E-state index in [1.807, 2.05) is 0 Å². The summed E-state index contributed by atoms with van der Waals surface area (Å²) in [6.07, 6.45) is 2.88. The third kappa shape index (κ3) is 2.73. The number of hydrogen-bond donors (Lipinski definition) is 3. The number of amides is 1. The van der Waals surface area contributed by atoms with Crippen LogP contribution in [-0.2, 0) is 4.79 Å². The standard InChI is InChI=1S/C11H14N2O3/c1-6(2)4-9(14)13-8-5-12-7(3)10(8)11(15)16/h4-5,12H,1-3H3,(H,13,14)(H,15,16). The largest absolute Gasteiger partial charge is 0.478 e. The van der Waals surface area contributed by atoms with Gasteiger partial charge >= 0.3 is 5.97 Å². The second-order valence-corrected chi connectivity index (χ2v) is 3.72. The van der Waals surface area contributed by atoms with Crippen LogP contribution in [0.25, 0.3) is 0 Å². The van der Waals surface area contributed by atoms with Crippen molar-refractivity contribution >= 4 is 17.6 Å². The number of nitrogens with one attached hydrogen (secondary N) is 2. The molecule has 16 heavy (non-hydrogen) atoms. The van der Waals surface area contributed by atoms with Crippen LogP contribution in [0.15, 0.2) is 17.8 Å². The van der Waals surface area contributed by atoms with Crippen LogP contribution in [0.4, 0.5) is 5.69 Å². The van der Waals surface area contributed by atoms with Crippen LogP contribution in [0, 0.1) is 6.92 Å². The number of carboxylic acids is 1. The summed E-state index contributed by atoms with van der Waals surface area (Å²) in [6.45, 7) is 5.22. The van der Waals surface area contributed by atoms with Gasteiger partial charge in [-0.15, -0.1) is 0 Å². The number of carboxylic acid groups (broad SMARTS) is 1. The third-order valence-electron chi connectivity index (χ3n) is 1.97. The van der Waals surface area contributed by atoms with Gasteiger partial charge in [0, 0.05) is 18.0 Å². The number of allylic oxidation sites excluding steroid dienone is 1. The van der Waals surface area contributed by atoms with Gasteiger partial charge in [0.1, 0.15) is 5.56 Å². The number of aromatic amines is 1. The quantitative estimate of drug-likeness (QED) is 0.683. The molecule has 1 amide bonds. The van der Waals surface area contributed by atoms with Gasteiger partial charge in [-0.05, 0) is 20.8 Å². The minimum atomic E-state index is -1.06. The van der Waals surface area contributed by atoms with Crippen molar-refractivity contribution in [3.63, 3.8) is 0 Å². The SMILES string of the molecule is CC(C)=CC(=O)Nc1c[nH]c(C)c1C(=O)O. The predicted molar refractivity (Wildman–Crippen MR) is 60.5 cm³/mol. The fraction of sp³-hybridized carbons (Fsp3) is 0.273. The maximum absolute atomic E-state index is 11.4. The van der Waals surface area contributed by atoms with Crippen LogP contribution in [0.3, 0.4) is 0 Å². The molecule has 0 bridgehead atoms. The van der Waals surface area contributed by atoms with E-state index in [1.165, 1.54) is 12.3 Å². The molecule has 86 valence electrons. The highest BCUT2D eigenvalue weighted by Crippen LogP contribution is 2.18. The summed E-state index contributed by atoms with van der Waals surface area (Å²) >= 11 is 0. The van der Waals surface area contributed by atoms with Gasteiger partial charge in [-0.2, -0.15) is 0 Å². The van der Waals surface area contributed by atoms with Crippen LogP contribution in [0.2, 0.25) is 0 Å². The van der Waals surface area contributed by atoms with E-state index in [0.29, 0.717) is 5.69 Å². The van der Waals surface area contributed by atoms with Gasteiger partial charge in [0.15, 0.2) is 0 Å². The van der Waals surface area contributed by atoms with Gasteiger partial charge in [0.25, 0.3) is 0 Å². The Morgan fingerprint density at radius 1 is 1.44 bits per heavy atom. The zero-order valence-corrected chi connectivity index (χ0v) is 9.42. The molecule has 0 aliphatic carbocycles. The summed E-state index contributed by atoms with van der Waals surface area (Å²) in [5.41, 5.74) is 1.74. The summed E-state index contributed by atoms with van der Waals surface area (Å²) in [7, 11) is 0. The van der Waals surface area contributed by atoms with E-state index in [-0.39, 0.29) is 17.2 Å². The smallest absolute Gasteiger partial charge is 0.339 e. The molecular weight excluding hydrogens is 208 g/mol. The first-order valence-electron chi connectivity index (χ1n) is 4.79. The second kappa shape index (κ2) is 4.65. The van der Waals surface area contributed by atoms with E-state index < -0.39 is 5.97 Å². The second-order valence-electron chi connectivity index (χ2n) is 3.72. The molecule has 1 rings (SSSR count). The highest BCUT2D eigenvalue weighted by atomic mass is 16.4. The van der Waals surface area contributed by atoms with Gasteiger partial charge in [-0.3, -0.25) is 4.79 Å². The summed E-state index contributed by atoms with van der Waals surface area (Å²) in [5.74, 6) is -1.40. The molecule has 0 aromatic carbocycles. The van der Waals surface area contributed by atoms with Gasteiger partial charge < -0.3 is 15.4 Å². The summed E-state index contributed by atoms with van der Waals surface area (Å²) in [5, 5.41) is 11.5. The summed E-state index contributed by atoms with van der Waals surface area (Å²) in [6, 6.07) is 0. The molecule has 1 aromatic rings. The molecule has 1 heterocycles. The van der Waals surface area contributed by atoms with Crippen LogP contribution in [-0.4, -0.2) is 22.0 Å². The van der Waals surface area contributed by atoms with E-state index in [1.54, 1.807) is 20.8 Å². The fourth-order valence-corrected chi connectivity index (χ4v) is 1.33. The number of aromatic nitrogens is 1. The number of aryl methyl sites for hydroxylation is 1. The summed E-state index contributed by atoms with van der Waals surface area (Å²) in [4.78, 5) is 25.1. The lowest BCUT2D eigenvalue weighted by atomic mass is 10.2. The van der Waals surface area contributed by atoms with E-state index in [9.17, 15) is 9.59 Å².